The number of hydrogen-bond acceptors (Lipinski definition) is 3. The smallest absolute Gasteiger partial charge is 0.250 e. The summed E-state index contributed by atoms with van der Waals surface area (Å²) in [5.41, 5.74) is 7.65. The van der Waals surface area contributed by atoms with Crippen molar-refractivity contribution in [1.29, 1.82) is 0 Å². The van der Waals surface area contributed by atoms with Gasteiger partial charge in [0, 0.05) is 30.6 Å². The highest BCUT2D eigenvalue weighted by Crippen LogP contribution is 2.29. The number of nitrogens with one attached hydrogen (secondary N) is 1. The van der Waals surface area contributed by atoms with E-state index >= 15 is 0 Å². The number of carbonyl (C=O) groups is 2. The standard InChI is InChI=1S/C17H19N3O3/c1-2-15(21)20-7-8-23-10-11(9-20)12-3-4-14(17(18)22)16-13(12)5-6-19-16/h2-6,11,19H,1,7-10H2,(H2,18,22)/t11-/m1/s1. The molecule has 1 atom stereocenters. The van der Waals surface area contributed by atoms with Crippen LogP contribution in [-0.4, -0.2) is 48.0 Å². The molecule has 0 spiro atoms. The van der Waals surface area contributed by atoms with E-state index in [4.69, 9.17) is 10.5 Å². The molecular formula is C17H19N3O3. The first kappa shape index (κ1) is 15.3. The lowest BCUT2D eigenvalue weighted by Gasteiger charge is -2.23. The Bertz CT molecular complexity index is 766. The van der Waals surface area contributed by atoms with Gasteiger partial charge < -0.3 is 20.4 Å². The molecule has 0 saturated carbocycles. The SMILES string of the molecule is C=CC(=O)N1CCOC[C@H](c2ccc(C(N)=O)c3[nH]ccc23)C1. The molecule has 3 N–H and O–H groups in total. The van der Waals surface area contributed by atoms with E-state index in [1.54, 1.807) is 17.2 Å². The first-order valence-corrected chi connectivity index (χ1v) is 7.50. The van der Waals surface area contributed by atoms with Crippen molar-refractivity contribution in [3.8, 4) is 0 Å². The summed E-state index contributed by atoms with van der Waals surface area (Å²) in [6.45, 7) is 5.69. The molecule has 0 unspecified atom stereocenters. The zero-order valence-corrected chi connectivity index (χ0v) is 12.7. The third-order valence-corrected chi connectivity index (χ3v) is 4.21. The zero-order valence-electron chi connectivity index (χ0n) is 12.7. The van der Waals surface area contributed by atoms with Gasteiger partial charge in [0.1, 0.15) is 0 Å². The quantitative estimate of drug-likeness (QED) is 0.839. The molecule has 0 bridgehead atoms. The van der Waals surface area contributed by atoms with Gasteiger partial charge in [0.25, 0.3) is 5.91 Å². The molecular weight excluding hydrogens is 294 g/mol. The molecule has 23 heavy (non-hydrogen) atoms. The number of primary amides is 1. The topological polar surface area (TPSA) is 88.4 Å². The minimum atomic E-state index is -0.468. The fourth-order valence-corrected chi connectivity index (χ4v) is 3.07. The lowest BCUT2D eigenvalue weighted by atomic mass is 9.94. The maximum absolute atomic E-state index is 11.9. The van der Waals surface area contributed by atoms with Crippen LogP contribution >= 0.6 is 0 Å². The summed E-state index contributed by atoms with van der Waals surface area (Å²) in [6.07, 6.45) is 3.11. The number of nitrogens with two attached hydrogens (primary N) is 1. The Hall–Kier alpha value is -2.60. The highest BCUT2D eigenvalue weighted by molar-refractivity contribution is 6.05. The molecule has 1 aliphatic heterocycles. The largest absolute Gasteiger partial charge is 0.379 e. The predicted octanol–water partition coefficient (Wildman–Crippen LogP) is 1.40. The fourth-order valence-electron chi connectivity index (χ4n) is 3.07. The number of fused-ring (bicyclic) bond motifs is 1. The molecule has 6 nitrogen and oxygen atoms in total. The number of benzene rings is 1. The highest BCUT2D eigenvalue weighted by atomic mass is 16.5. The van der Waals surface area contributed by atoms with Crippen LogP contribution in [0.1, 0.15) is 21.8 Å². The Kier molecular flexibility index (Phi) is 4.16. The normalized spacial score (nSPS) is 18.6. The van der Waals surface area contributed by atoms with Gasteiger partial charge in [0.15, 0.2) is 0 Å². The fraction of sp³-hybridized carbons (Fsp3) is 0.294. The van der Waals surface area contributed by atoms with Crippen molar-refractivity contribution in [2.24, 2.45) is 5.73 Å². The number of carbonyl (C=O) groups excluding carboxylic acids is 2. The van der Waals surface area contributed by atoms with Gasteiger partial charge in [-0.3, -0.25) is 9.59 Å². The van der Waals surface area contributed by atoms with Crippen LogP contribution in [0.15, 0.2) is 37.1 Å². The third kappa shape index (κ3) is 2.85. The number of nitrogens with zero attached hydrogens (tertiary/aromatic N) is 1. The average Bonchev–Trinajstić information content (AvgIpc) is 2.90. The zero-order chi connectivity index (χ0) is 16.4. The molecule has 2 aromatic rings. The molecule has 1 fully saturated rings. The van der Waals surface area contributed by atoms with E-state index in [1.165, 1.54) is 6.08 Å². The Morgan fingerprint density at radius 1 is 1.39 bits per heavy atom. The first-order chi connectivity index (χ1) is 11.1. The Morgan fingerprint density at radius 3 is 2.96 bits per heavy atom. The van der Waals surface area contributed by atoms with Crippen LogP contribution in [-0.2, 0) is 9.53 Å². The van der Waals surface area contributed by atoms with Crippen LogP contribution in [0.2, 0.25) is 0 Å². The van der Waals surface area contributed by atoms with Crippen LogP contribution < -0.4 is 5.73 Å². The summed E-state index contributed by atoms with van der Waals surface area (Å²) >= 11 is 0. The van der Waals surface area contributed by atoms with Gasteiger partial charge in [-0.1, -0.05) is 12.6 Å². The van der Waals surface area contributed by atoms with Crippen molar-refractivity contribution in [3.05, 3.63) is 48.2 Å². The van der Waals surface area contributed by atoms with Crippen molar-refractivity contribution in [2.75, 3.05) is 26.3 Å². The van der Waals surface area contributed by atoms with Gasteiger partial charge in [0.05, 0.1) is 24.3 Å². The molecule has 1 aliphatic rings. The average molecular weight is 313 g/mol. The van der Waals surface area contributed by atoms with Crippen molar-refractivity contribution < 1.29 is 14.3 Å². The molecule has 1 saturated heterocycles. The minimum absolute atomic E-state index is 0.0293. The van der Waals surface area contributed by atoms with E-state index < -0.39 is 5.91 Å². The van der Waals surface area contributed by atoms with E-state index in [-0.39, 0.29) is 11.8 Å². The third-order valence-electron chi connectivity index (χ3n) is 4.21. The summed E-state index contributed by atoms with van der Waals surface area (Å²) in [7, 11) is 0. The second-order valence-electron chi connectivity index (χ2n) is 5.59. The Morgan fingerprint density at radius 2 is 2.22 bits per heavy atom. The summed E-state index contributed by atoms with van der Waals surface area (Å²) in [5, 5.41) is 0.933. The second-order valence-corrected chi connectivity index (χ2v) is 5.59. The summed E-state index contributed by atoms with van der Waals surface area (Å²) in [4.78, 5) is 28.3. The van der Waals surface area contributed by atoms with Gasteiger partial charge in [-0.2, -0.15) is 0 Å². The summed E-state index contributed by atoms with van der Waals surface area (Å²) in [6, 6.07) is 5.54. The maximum atomic E-state index is 11.9. The van der Waals surface area contributed by atoms with Crippen molar-refractivity contribution in [2.45, 2.75) is 5.92 Å². The van der Waals surface area contributed by atoms with Crippen LogP contribution in [0, 0.1) is 0 Å². The maximum Gasteiger partial charge on any atom is 0.250 e. The Labute approximate surface area is 133 Å². The number of ether oxygens (including phenoxy) is 1. The lowest BCUT2D eigenvalue weighted by molar-refractivity contribution is -0.126. The highest BCUT2D eigenvalue weighted by Gasteiger charge is 2.24. The monoisotopic (exact) mass is 313 g/mol. The van der Waals surface area contributed by atoms with E-state index in [0.717, 1.165) is 16.5 Å². The molecule has 2 heterocycles. The molecule has 2 amide bonds. The Balaban J connectivity index is 2.00. The van der Waals surface area contributed by atoms with E-state index in [9.17, 15) is 9.59 Å². The minimum Gasteiger partial charge on any atom is -0.379 e. The van der Waals surface area contributed by atoms with E-state index in [1.807, 2.05) is 12.1 Å². The van der Waals surface area contributed by atoms with Crippen molar-refractivity contribution >= 4 is 22.7 Å². The first-order valence-electron chi connectivity index (χ1n) is 7.50. The lowest BCUT2D eigenvalue weighted by Crippen LogP contribution is -2.34. The molecule has 1 aromatic carbocycles. The molecule has 120 valence electrons. The van der Waals surface area contributed by atoms with Crippen LogP contribution in [0.3, 0.4) is 0 Å². The number of amides is 2. The van der Waals surface area contributed by atoms with Gasteiger partial charge in [-0.15, -0.1) is 0 Å². The van der Waals surface area contributed by atoms with Crippen molar-refractivity contribution in [3.63, 3.8) is 0 Å². The number of rotatable bonds is 3. The van der Waals surface area contributed by atoms with E-state index in [0.29, 0.717) is 31.9 Å². The van der Waals surface area contributed by atoms with Gasteiger partial charge in [-0.25, -0.2) is 0 Å². The van der Waals surface area contributed by atoms with Gasteiger partial charge in [0.2, 0.25) is 5.91 Å². The van der Waals surface area contributed by atoms with E-state index in [2.05, 4.69) is 11.6 Å². The molecule has 1 aromatic heterocycles. The molecule has 3 rings (SSSR count). The summed E-state index contributed by atoms with van der Waals surface area (Å²) in [5.74, 6) is -0.536. The number of aromatic nitrogens is 1. The van der Waals surface area contributed by atoms with Gasteiger partial charge >= 0.3 is 0 Å². The van der Waals surface area contributed by atoms with Crippen LogP contribution in [0.4, 0.5) is 0 Å². The summed E-state index contributed by atoms with van der Waals surface area (Å²) < 4.78 is 5.66. The molecule has 0 aliphatic carbocycles. The number of hydrogen-bond donors (Lipinski definition) is 2. The second kappa shape index (κ2) is 6.26. The van der Waals surface area contributed by atoms with Crippen LogP contribution in [0.25, 0.3) is 10.9 Å². The molecule has 0 radical (unpaired) electrons. The van der Waals surface area contributed by atoms with Crippen LogP contribution in [0.5, 0.6) is 0 Å². The van der Waals surface area contributed by atoms with Crippen molar-refractivity contribution in [1.82, 2.24) is 9.88 Å². The molecule has 6 heteroatoms. The number of H-pyrrole nitrogens is 1. The van der Waals surface area contributed by atoms with Gasteiger partial charge in [-0.05, 0) is 23.8 Å². The number of aromatic amines is 1. The predicted molar refractivity (Wildman–Crippen MR) is 87.2 cm³/mol.